The predicted molar refractivity (Wildman–Crippen MR) is 113 cm³/mol. The Hall–Kier alpha value is -3.50. The van der Waals surface area contributed by atoms with Gasteiger partial charge in [0.15, 0.2) is 4.96 Å². The summed E-state index contributed by atoms with van der Waals surface area (Å²) in [5, 5.41) is 11.5. The second kappa shape index (κ2) is 7.86. The highest BCUT2D eigenvalue weighted by Crippen LogP contribution is 2.39. The summed E-state index contributed by atoms with van der Waals surface area (Å²) in [6.45, 7) is 0. The fourth-order valence-corrected chi connectivity index (χ4v) is 4.26. The van der Waals surface area contributed by atoms with Crippen LogP contribution in [0, 0.1) is 11.3 Å². The van der Waals surface area contributed by atoms with E-state index in [4.69, 9.17) is 19.2 Å². The van der Waals surface area contributed by atoms with E-state index in [0.29, 0.717) is 0 Å². The van der Waals surface area contributed by atoms with E-state index in [-0.39, 0.29) is 6.42 Å². The van der Waals surface area contributed by atoms with Crippen LogP contribution in [0.25, 0.3) is 27.5 Å². The van der Waals surface area contributed by atoms with Crippen molar-refractivity contribution in [3.8, 4) is 45.8 Å². The molecule has 0 fully saturated rings. The monoisotopic (exact) mass is 405 g/mol. The maximum atomic E-state index is 9.49. The predicted octanol–water partition coefficient (Wildman–Crippen LogP) is 4.82. The molecule has 6 nitrogen and oxygen atoms in total. The van der Waals surface area contributed by atoms with Crippen molar-refractivity contribution in [2.45, 2.75) is 6.42 Å². The summed E-state index contributed by atoms with van der Waals surface area (Å²) in [6.07, 6.45) is 0.226. The molecular weight excluding hydrogens is 386 g/mol. The van der Waals surface area contributed by atoms with Gasteiger partial charge in [-0.05, 0) is 30.3 Å². The fourth-order valence-electron chi connectivity index (χ4n) is 3.36. The number of ether oxygens (including phenoxy) is 3. The molecule has 0 unspecified atom stereocenters. The zero-order chi connectivity index (χ0) is 20.4. The molecule has 0 saturated carbocycles. The van der Waals surface area contributed by atoms with Crippen LogP contribution in [0.5, 0.6) is 17.2 Å². The fraction of sp³-hybridized carbons (Fsp3) is 0.182. The molecule has 0 aliphatic carbocycles. The van der Waals surface area contributed by atoms with Crippen LogP contribution < -0.4 is 14.2 Å². The van der Waals surface area contributed by atoms with E-state index >= 15 is 0 Å². The van der Waals surface area contributed by atoms with E-state index in [1.165, 1.54) is 11.3 Å². The number of aromatic nitrogens is 2. The number of hydrogen-bond donors (Lipinski definition) is 0. The average molecular weight is 405 g/mol. The quantitative estimate of drug-likeness (QED) is 0.460. The minimum absolute atomic E-state index is 0.226. The lowest BCUT2D eigenvalue weighted by molar-refractivity contribution is 0.404. The lowest BCUT2D eigenvalue weighted by Crippen LogP contribution is -1.97. The van der Waals surface area contributed by atoms with Crippen molar-refractivity contribution >= 4 is 16.3 Å². The molecule has 0 radical (unpaired) electrons. The van der Waals surface area contributed by atoms with Gasteiger partial charge in [-0.1, -0.05) is 12.1 Å². The van der Waals surface area contributed by atoms with Crippen LogP contribution >= 0.6 is 11.3 Å². The molecule has 2 aromatic heterocycles. The van der Waals surface area contributed by atoms with Gasteiger partial charge in [-0.3, -0.25) is 4.40 Å². The number of benzene rings is 2. The number of nitriles is 1. The third-order valence-electron chi connectivity index (χ3n) is 4.73. The highest BCUT2D eigenvalue weighted by molar-refractivity contribution is 7.15. The smallest absolute Gasteiger partial charge is 0.195 e. The highest BCUT2D eigenvalue weighted by Gasteiger charge is 2.21. The van der Waals surface area contributed by atoms with Crippen molar-refractivity contribution in [3.05, 3.63) is 53.5 Å². The third-order valence-corrected chi connectivity index (χ3v) is 5.56. The Kier molecular flexibility index (Phi) is 5.10. The van der Waals surface area contributed by atoms with Gasteiger partial charge >= 0.3 is 0 Å². The Bertz CT molecular complexity index is 1220. The highest BCUT2D eigenvalue weighted by atomic mass is 32.1. The van der Waals surface area contributed by atoms with Crippen molar-refractivity contribution in [1.29, 1.82) is 5.26 Å². The first-order valence-corrected chi connectivity index (χ1v) is 9.80. The van der Waals surface area contributed by atoms with E-state index in [1.807, 2.05) is 52.2 Å². The molecule has 0 aliphatic heterocycles. The molecule has 4 rings (SSSR count). The summed E-state index contributed by atoms with van der Waals surface area (Å²) >= 11 is 1.52. The number of fused-ring (bicyclic) bond motifs is 1. The summed E-state index contributed by atoms with van der Waals surface area (Å²) in [5.41, 5.74) is 4.31. The molecule has 146 valence electrons. The minimum Gasteiger partial charge on any atom is -0.497 e. The van der Waals surface area contributed by atoms with Gasteiger partial charge in [0.1, 0.15) is 17.2 Å². The lowest BCUT2D eigenvalue weighted by Gasteiger charge is -2.11. The Balaban J connectivity index is 1.97. The molecule has 29 heavy (non-hydrogen) atoms. The summed E-state index contributed by atoms with van der Waals surface area (Å²) < 4.78 is 18.4. The van der Waals surface area contributed by atoms with E-state index in [9.17, 15) is 5.26 Å². The Labute approximate surface area is 172 Å². The van der Waals surface area contributed by atoms with E-state index in [1.54, 1.807) is 21.3 Å². The molecule has 0 amide bonds. The van der Waals surface area contributed by atoms with Crippen molar-refractivity contribution in [2.24, 2.45) is 0 Å². The standard InChI is InChI=1S/C22H19N3O3S/c1-26-15-6-4-5-14(11-15)21-18(9-10-23)25-19(13-29-22(25)24-21)17-12-16(27-2)7-8-20(17)28-3/h4-8,11-13H,9H2,1-3H3. The van der Waals surface area contributed by atoms with Gasteiger partial charge in [0.2, 0.25) is 0 Å². The number of thiazole rings is 1. The van der Waals surface area contributed by atoms with Crippen LogP contribution in [-0.4, -0.2) is 30.7 Å². The molecular formula is C22H19N3O3S. The number of nitrogens with zero attached hydrogens (tertiary/aromatic N) is 3. The van der Waals surface area contributed by atoms with E-state index in [0.717, 1.165) is 50.4 Å². The van der Waals surface area contributed by atoms with Crippen LogP contribution in [0.4, 0.5) is 0 Å². The van der Waals surface area contributed by atoms with Crippen LogP contribution in [0.2, 0.25) is 0 Å². The molecule has 0 N–H and O–H groups in total. The van der Waals surface area contributed by atoms with Crippen LogP contribution in [0.1, 0.15) is 5.69 Å². The minimum atomic E-state index is 0.226. The molecule has 0 aliphatic rings. The van der Waals surface area contributed by atoms with Crippen LogP contribution in [0.15, 0.2) is 47.8 Å². The van der Waals surface area contributed by atoms with Gasteiger partial charge in [-0.25, -0.2) is 4.98 Å². The first kappa shape index (κ1) is 18.8. The molecule has 7 heteroatoms. The Morgan fingerprint density at radius 2 is 1.83 bits per heavy atom. The Morgan fingerprint density at radius 3 is 2.55 bits per heavy atom. The SMILES string of the molecule is COc1cccc(-c2nc3scc(-c4cc(OC)ccc4OC)n3c2CC#N)c1. The normalized spacial score (nSPS) is 10.7. The van der Waals surface area contributed by atoms with E-state index < -0.39 is 0 Å². The Morgan fingerprint density at radius 1 is 1.03 bits per heavy atom. The van der Waals surface area contributed by atoms with Crippen molar-refractivity contribution in [1.82, 2.24) is 9.38 Å². The van der Waals surface area contributed by atoms with E-state index in [2.05, 4.69) is 6.07 Å². The maximum Gasteiger partial charge on any atom is 0.195 e. The van der Waals surface area contributed by atoms with Crippen molar-refractivity contribution in [3.63, 3.8) is 0 Å². The number of imidazole rings is 1. The van der Waals surface area contributed by atoms with Crippen LogP contribution in [-0.2, 0) is 6.42 Å². The van der Waals surface area contributed by atoms with Gasteiger partial charge < -0.3 is 14.2 Å². The molecule has 0 atom stereocenters. The van der Waals surface area contributed by atoms with Gasteiger partial charge in [0.05, 0.1) is 50.9 Å². The molecule has 4 aromatic rings. The average Bonchev–Trinajstić information content (AvgIpc) is 3.33. The molecule has 0 spiro atoms. The molecule has 0 bridgehead atoms. The van der Waals surface area contributed by atoms with Crippen LogP contribution in [0.3, 0.4) is 0 Å². The van der Waals surface area contributed by atoms with Crippen molar-refractivity contribution < 1.29 is 14.2 Å². The first-order chi connectivity index (χ1) is 14.2. The van der Waals surface area contributed by atoms with Gasteiger partial charge in [0, 0.05) is 16.5 Å². The summed E-state index contributed by atoms with van der Waals surface area (Å²) in [7, 11) is 4.91. The largest absolute Gasteiger partial charge is 0.497 e. The van der Waals surface area contributed by atoms with Gasteiger partial charge in [-0.15, -0.1) is 11.3 Å². The first-order valence-electron chi connectivity index (χ1n) is 8.92. The molecule has 2 aromatic carbocycles. The number of rotatable bonds is 6. The second-order valence-corrected chi connectivity index (χ2v) is 7.12. The number of hydrogen-bond acceptors (Lipinski definition) is 6. The van der Waals surface area contributed by atoms with Gasteiger partial charge in [0.25, 0.3) is 0 Å². The topological polar surface area (TPSA) is 68.8 Å². The van der Waals surface area contributed by atoms with Gasteiger partial charge in [-0.2, -0.15) is 5.26 Å². The van der Waals surface area contributed by atoms with Crippen molar-refractivity contribution in [2.75, 3.05) is 21.3 Å². The summed E-state index contributed by atoms with van der Waals surface area (Å²) in [6, 6.07) is 15.7. The summed E-state index contributed by atoms with van der Waals surface area (Å²) in [5.74, 6) is 2.21. The summed E-state index contributed by atoms with van der Waals surface area (Å²) in [4.78, 5) is 5.64. The second-order valence-electron chi connectivity index (χ2n) is 6.28. The zero-order valence-corrected chi connectivity index (χ0v) is 17.1. The zero-order valence-electron chi connectivity index (χ0n) is 16.3. The lowest BCUT2D eigenvalue weighted by atomic mass is 10.1. The number of methoxy groups -OCH3 is 3. The molecule has 0 saturated heterocycles. The third kappa shape index (κ3) is 3.28. The maximum absolute atomic E-state index is 9.49. The molecule has 2 heterocycles.